The fourth-order valence-electron chi connectivity index (χ4n) is 6.76. The van der Waals surface area contributed by atoms with Gasteiger partial charge in [-0.2, -0.15) is 0 Å². The van der Waals surface area contributed by atoms with E-state index in [1.165, 1.54) is 0 Å². The van der Waals surface area contributed by atoms with Crippen molar-refractivity contribution < 1.29 is 57.9 Å². The van der Waals surface area contributed by atoms with Crippen molar-refractivity contribution in [3.8, 4) is 44.5 Å². The Morgan fingerprint density at radius 1 is 0.323 bits per heavy atom. The molecule has 62 heavy (non-hydrogen) atoms. The van der Waals surface area contributed by atoms with Crippen molar-refractivity contribution in [2.24, 2.45) is 0 Å². The first-order valence-corrected chi connectivity index (χ1v) is 18.1. The number of rotatable bonds is 7. The molecule has 0 fully saturated rings. The molecule has 0 saturated heterocycles. The van der Waals surface area contributed by atoms with Crippen LogP contribution in [0.25, 0.3) is 98.8 Å². The summed E-state index contributed by atoms with van der Waals surface area (Å²) in [6.07, 6.45) is 0. The quantitative estimate of drug-likeness (QED) is 0.149. The lowest BCUT2D eigenvalue weighted by Gasteiger charge is -2.27. The third kappa shape index (κ3) is 6.12. The van der Waals surface area contributed by atoms with Gasteiger partial charge < -0.3 is 9.32 Å². The summed E-state index contributed by atoms with van der Waals surface area (Å²) >= 11 is 0. The molecule has 0 amide bonds. The third-order valence-corrected chi connectivity index (χ3v) is 9.50. The van der Waals surface area contributed by atoms with E-state index in [2.05, 4.69) is 0 Å². The van der Waals surface area contributed by atoms with Crippen LogP contribution in [0.3, 0.4) is 0 Å². The molecule has 1 aromatic heterocycles. The average Bonchev–Trinajstić information content (AvgIpc) is 1.69. The number of anilines is 3. The second-order valence-electron chi connectivity index (χ2n) is 13.0. The number of benzene rings is 11. The maximum absolute atomic E-state index is 10.4. The van der Waals surface area contributed by atoms with Gasteiger partial charge in [-0.25, -0.2) is 0 Å². The highest BCUT2D eigenvalue weighted by atomic mass is 16.3. The molecule has 2 heteroatoms. The minimum absolute atomic E-state index is 0.264. The fourth-order valence-corrected chi connectivity index (χ4v) is 6.76. The molecule has 290 valence electrons. The van der Waals surface area contributed by atoms with E-state index in [0.717, 1.165) is 0 Å². The van der Waals surface area contributed by atoms with Crippen molar-refractivity contribution in [3.05, 3.63) is 236 Å². The molecule has 0 N–H and O–H groups in total. The van der Waals surface area contributed by atoms with E-state index in [-0.39, 0.29) is 4.90 Å². The van der Waals surface area contributed by atoms with Gasteiger partial charge in [0.2, 0.25) is 0 Å². The molecule has 2 nitrogen and oxygen atoms in total. The summed E-state index contributed by atoms with van der Waals surface area (Å²) in [7, 11) is 0. The van der Waals surface area contributed by atoms with Crippen LogP contribution in [0.15, 0.2) is 240 Å². The molecule has 12 aromatic rings. The van der Waals surface area contributed by atoms with Gasteiger partial charge in [-0.15, -0.1) is 0 Å². The predicted octanol–water partition coefficient (Wildman–Crippen LogP) is 17.2. The highest BCUT2D eigenvalue weighted by molar-refractivity contribution is 6.18. The van der Waals surface area contributed by atoms with Gasteiger partial charge in [-0.05, 0) is 126 Å². The first-order chi connectivity index (χ1) is 47.0. The zero-order chi connectivity index (χ0) is 74.9. The van der Waals surface area contributed by atoms with Crippen molar-refractivity contribution in [3.63, 3.8) is 0 Å². The van der Waals surface area contributed by atoms with E-state index < -0.39 is 351 Å². The molecule has 0 unspecified atom stereocenters. The van der Waals surface area contributed by atoms with Gasteiger partial charge in [0.1, 0.15) is 11.2 Å². The first kappa shape index (κ1) is 13.9. The van der Waals surface area contributed by atoms with E-state index in [1.54, 1.807) is 0 Å². The van der Waals surface area contributed by atoms with Crippen LogP contribution < -0.4 is 4.90 Å². The summed E-state index contributed by atoms with van der Waals surface area (Å²) in [5, 5.41) is -6.37. The van der Waals surface area contributed by atoms with Crippen LogP contribution in [-0.4, -0.2) is 0 Å². The van der Waals surface area contributed by atoms with Crippen molar-refractivity contribution in [2.75, 3.05) is 4.90 Å². The van der Waals surface area contributed by atoms with Crippen molar-refractivity contribution in [2.45, 2.75) is 0 Å². The molecule has 0 aliphatic heterocycles. The first-order valence-electron chi connectivity index (χ1n) is 37.6. The average molecular weight is 829 g/mol. The van der Waals surface area contributed by atoms with Gasteiger partial charge in [0.25, 0.3) is 0 Å². The highest BCUT2D eigenvalue weighted by Crippen LogP contribution is 2.47. The van der Waals surface area contributed by atoms with Crippen LogP contribution in [0.1, 0.15) is 53.5 Å². The van der Waals surface area contributed by atoms with Crippen LogP contribution >= 0.6 is 0 Å². The molecule has 11 aromatic carbocycles. The number of para-hydroxylation sites is 1. The van der Waals surface area contributed by atoms with Crippen molar-refractivity contribution in [1.82, 2.24) is 0 Å². The molecule has 0 saturated carbocycles. The van der Waals surface area contributed by atoms with E-state index in [0.29, 0.717) is 0 Å². The molecule has 0 bridgehead atoms. The molecule has 1 heterocycles. The Hall–Kier alpha value is -8.20. The lowest BCUT2D eigenvalue weighted by atomic mass is 9.93. The Kier molecular flexibility index (Phi) is 3.33. The Labute approximate surface area is 415 Å². The minimum atomic E-state index is -1.47. The predicted molar refractivity (Wildman–Crippen MR) is 263 cm³/mol. The van der Waals surface area contributed by atoms with Gasteiger partial charge in [0.15, 0.2) is 0 Å². The van der Waals surface area contributed by atoms with E-state index in [4.69, 9.17) is 33.2 Å². The number of hydrogen-bond donors (Lipinski definition) is 0. The smallest absolute Gasteiger partial charge is 0.145 e. The maximum atomic E-state index is 10.4. The standard InChI is InChI=1S/C60H39NO/c1-2-13-40(14-3-1)42-25-27-43(28-26-42)44-31-33-49(34-32-44)61(50-19-12-18-46(38-50)56-39-47-17-6-7-20-51(47)53-21-8-9-22-54(53)56)57-36-35-52(48-30-29-41-15-4-5-16-45(41)37-48)60-59(57)55-23-10-11-24-58(55)62-60/h1-39H/i1D,2D,3D,4D,5D,6D,7D,8D,9D,10D,11D,12D,13D,14D,15D,16D,17D,18D,19D,20D,21D,22D,23D,24D,25D,26D,27D,28D,29D,30D,31D,32D,33D,34D,35D,36D,37D,38D,39D. The molecule has 0 radical (unpaired) electrons. The second kappa shape index (κ2) is 14.8. The summed E-state index contributed by atoms with van der Waals surface area (Å²) in [5.74, 6) is 0. The zero-order valence-electron chi connectivity index (χ0n) is 69.9. The largest absolute Gasteiger partial charge is 0.455 e. The highest BCUT2D eigenvalue weighted by Gasteiger charge is 2.23. The van der Waals surface area contributed by atoms with Crippen LogP contribution in [0.4, 0.5) is 17.1 Å². The van der Waals surface area contributed by atoms with Gasteiger partial charge in [-0.1, -0.05) is 181 Å². The van der Waals surface area contributed by atoms with E-state index in [9.17, 15) is 24.7 Å². The Bertz CT molecular complexity index is 5870. The number of furan rings is 1. The third-order valence-electron chi connectivity index (χ3n) is 9.50. The molecule has 0 spiro atoms. The number of fused-ring (bicyclic) bond motifs is 7. The van der Waals surface area contributed by atoms with Gasteiger partial charge in [-0.3, -0.25) is 0 Å². The number of hydrogen-bond acceptors (Lipinski definition) is 2. The molecular formula is C60H39NO. The normalized spacial score (nSPS) is 20.4. The van der Waals surface area contributed by atoms with Crippen molar-refractivity contribution in [1.29, 1.82) is 0 Å². The van der Waals surface area contributed by atoms with Gasteiger partial charge >= 0.3 is 0 Å². The lowest BCUT2D eigenvalue weighted by Crippen LogP contribution is -2.10. The lowest BCUT2D eigenvalue weighted by molar-refractivity contribution is 0.670. The van der Waals surface area contributed by atoms with Crippen molar-refractivity contribution >= 4 is 71.3 Å². The summed E-state index contributed by atoms with van der Waals surface area (Å²) in [6, 6.07) is -43.9. The van der Waals surface area contributed by atoms with Gasteiger partial charge in [0.05, 0.1) is 64.5 Å². The molecule has 0 aliphatic carbocycles. The van der Waals surface area contributed by atoms with Crippen LogP contribution in [-0.2, 0) is 0 Å². The summed E-state index contributed by atoms with van der Waals surface area (Å²) in [6.45, 7) is 0. The van der Waals surface area contributed by atoms with Crippen LogP contribution in [0.5, 0.6) is 0 Å². The zero-order valence-corrected chi connectivity index (χ0v) is 30.9. The van der Waals surface area contributed by atoms with E-state index >= 15 is 0 Å². The van der Waals surface area contributed by atoms with Crippen LogP contribution in [0.2, 0.25) is 0 Å². The Morgan fingerprint density at radius 2 is 0.887 bits per heavy atom. The molecular weight excluding hydrogens is 751 g/mol. The molecule has 0 atom stereocenters. The topological polar surface area (TPSA) is 16.4 Å². The van der Waals surface area contributed by atoms with E-state index in [1.807, 2.05) is 0 Å². The SMILES string of the molecule is [2H]c1c([2H])c([2H])c(-c2c([2H])c([2H])c(-c3c([2H])c([2H])c(N(c4c([2H])c([2H])c([2H])c(-c5c([2H])c6c([2H])c([2H])c([2H])c([2H])c6c6c([2H])c([2H])c([2H])c([2H])c56)c4[2H])c4c([2H])c([2H])c(-c5c([2H])c([2H])c6c([2H])c([2H])c([2H])c([2H])c6c5[2H])c5oc6c([2H])c([2H])c([2H])c([2H])c6c45)c([2H])c3[2H])c([2H])c2[2H])c([2H])c1[2H]. The Balaban J connectivity index is 1.33. The second-order valence-corrected chi connectivity index (χ2v) is 13.0. The number of nitrogens with zero attached hydrogens (tertiary/aromatic N) is 1. The van der Waals surface area contributed by atoms with Crippen LogP contribution in [0, 0.1) is 0 Å². The summed E-state index contributed by atoms with van der Waals surface area (Å²) in [4.78, 5) is 0.264. The summed E-state index contributed by atoms with van der Waals surface area (Å²) < 4.78 is 364. The monoisotopic (exact) mass is 829 g/mol. The Morgan fingerprint density at radius 3 is 1.66 bits per heavy atom. The summed E-state index contributed by atoms with van der Waals surface area (Å²) in [5.41, 5.74) is -13.8. The fraction of sp³-hybridized carbons (Fsp3) is 0. The maximum Gasteiger partial charge on any atom is 0.145 e. The minimum Gasteiger partial charge on any atom is -0.455 e. The molecule has 12 rings (SSSR count). The molecule has 0 aliphatic rings. The van der Waals surface area contributed by atoms with Gasteiger partial charge in [0, 0.05) is 22.3 Å².